The predicted octanol–water partition coefficient (Wildman–Crippen LogP) is 9.85. The topological polar surface area (TPSA) is 113 Å². The molecule has 1 heterocycles. The molecule has 324 valence electrons. The molecule has 0 unspecified atom stereocenters. The molecular weight excluding hydrogens is 725 g/mol. The molecule has 14 atom stereocenters. The third-order valence-corrected chi connectivity index (χ3v) is 21.1. The Balaban J connectivity index is 1.00. The number of likely N-dealkylation sites (tertiary alicyclic amines) is 1. The van der Waals surface area contributed by atoms with Crippen molar-refractivity contribution in [3.8, 4) is 0 Å². The van der Waals surface area contributed by atoms with Gasteiger partial charge in [-0.2, -0.15) is 0 Å². The smallest absolute Gasteiger partial charge is 0.309 e. The fourth-order valence-electron chi connectivity index (χ4n) is 16.9. The Labute approximate surface area is 350 Å². The van der Waals surface area contributed by atoms with Crippen LogP contribution in [-0.2, 0) is 23.9 Å². The number of hydrogen-bond acceptors (Lipinski definition) is 5. The minimum absolute atomic E-state index is 0.0223. The summed E-state index contributed by atoms with van der Waals surface area (Å²) in [4.78, 5) is 56.2. The van der Waals surface area contributed by atoms with Crippen molar-refractivity contribution in [2.75, 3.05) is 13.1 Å². The Morgan fingerprint density at radius 1 is 0.690 bits per heavy atom. The van der Waals surface area contributed by atoms with Crippen molar-refractivity contribution in [1.82, 2.24) is 10.2 Å². The first-order valence-corrected chi connectivity index (χ1v) is 23.7. The van der Waals surface area contributed by atoms with Crippen molar-refractivity contribution in [2.45, 2.75) is 178 Å². The van der Waals surface area contributed by atoms with Gasteiger partial charge in [0.25, 0.3) is 0 Å². The molecule has 1 aliphatic heterocycles. The maximum Gasteiger partial charge on any atom is 0.309 e. The van der Waals surface area contributed by atoms with Crippen LogP contribution in [0.3, 0.4) is 0 Å². The van der Waals surface area contributed by atoms with Crippen LogP contribution in [0.1, 0.15) is 166 Å². The SMILES string of the molecule is C=C(C)[C@@H]1CC[C@]2(C(=O)N[C@@H]3C[C@H](C(=O)N4CCCCC4)C3(C)C)CC[C@]3(C)[C@H](CC[C@@H]4[C@@]5(C)CC[C@H](OC(=O)[C@@H]6C[C@H](C(=O)O)C6(C)C)C(C)(C)[C@@H]5CC[C@]43C)[C@@H]12. The van der Waals surface area contributed by atoms with E-state index in [2.05, 4.69) is 72.2 Å². The molecule has 8 rings (SSSR count). The molecule has 7 saturated carbocycles. The number of fused-ring (bicyclic) bond motifs is 7. The van der Waals surface area contributed by atoms with Gasteiger partial charge < -0.3 is 20.1 Å². The van der Waals surface area contributed by atoms with Gasteiger partial charge in [-0.15, -0.1) is 0 Å². The molecule has 58 heavy (non-hydrogen) atoms. The summed E-state index contributed by atoms with van der Waals surface area (Å²) in [5, 5.41) is 13.3. The molecule has 0 aromatic rings. The average Bonchev–Trinajstić information content (AvgIpc) is 3.55. The van der Waals surface area contributed by atoms with Crippen LogP contribution in [0.2, 0.25) is 0 Å². The van der Waals surface area contributed by atoms with Crippen LogP contribution in [0.5, 0.6) is 0 Å². The van der Waals surface area contributed by atoms with Crippen molar-refractivity contribution in [1.29, 1.82) is 0 Å². The number of piperidine rings is 1. The van der Waals surface area contributed by atoms with E-state index in [4.69, 9.17) is 4.74 Å². The third-order valence-electron chi connectivity index (χ3n) is 21.1. The second kappa shape index (κ2) is 13.8. The van der Waals surface area contributed by atoms with Crippen molar-refractivity contribution < 1.29 is 29.0 Å². The summed E-state index contributed by atoms with van der Waals surface area (Å²) in [6, 6.07) is 0.0223. The molecule has 0 spiro atoms. The molecule has 2 amide bonds. The van der Waals surface area contributed by atoms with E-state index in [0.29, 0.717) is 36.0 Å². The molecule has 2 N–H and O–H groups in total. The monoisotopic (exact) mass is 803 g/mol. The zero-order valence-electron chi connectivity index (χ0n) is 37.9. The van der Waals surface area contributed by atoms with E-state index in [9.17, 15) is 19.5 Å². The zero-order chi connectivity index (χ0) is 42.2. The first-order chi connectivity index (χ1) is 27.0. The molecule has 8 heteroatoms. The largest absolute Gasteiger partial charge is 0.481 e. The Bertz CT molecular complexity index is 1730. The number of carbonyl (C=O) groups excluding carboxylic acids is 3. The lowest BCUT2D eigenvalue weighted by Gasteiger charge is -2.73. The van der Waals surface area contributed by atoms with Gasteiger partial charge in [-0.05, 0) is 160 Å². The van der Waals surface area contributed by atoms with Gasteiger partial charge >= 0.3 is 11.9 Å². The zero-order valence-corrected chi connectivity index (χ0v) is 37.9. The van der Waals surface area contributed by atoms with Gasteiger partial charge in [0.2, 0.25) is 11.8 Å². The van der Waals surface area contributed by atoms with Gasteiger partial charge in [-0.25, -0.2) is 0 Å². The Hall–Kier alpha value is -2.38. The fraction of sp³-hybridized carbons (Fsp3) is 0.880. The predicted molar refractivity (Wildman–Crippen MR) is 226 cm³/mol. The summed E-state index contributed by atoms with van der Waals surface area (Å²) in [6.45, 7) is 29.3. The van der Waals surface area contributed by atoms with Crippen molar-refractivity contribution in [3.63, 3.8) is 0 Å². The van der Waals surface area contributed by atoms with Gasteiger partial charge in [-0.1, -0.05) is 74.5 Å². The summed E-state index contributed by atoms with van der Waals surface area (Å²) >= 11 is 0. The van der Waals surface area contributed by atoms with Gasteiger partial charge in [0.05, 0.1) is 17.3 Å². The van der Waals surface area contributed by atoms with Crippen molar-refractivity contribution in [2.24, 2.45) is 85.2 Å². The number of nitrogens with zero attached hydrogens (tertiary/aromatic N) is 1. The van der Waals surface area contributed by atoms with E-state index in [1.807, 2.05) is 13.8 Å². The molecule has 7 aliphatic carbocycles. The molecule has 0 bridgehead atoms. The van der Waals surface area contributed by atoms with Gasteiger partial charge in [-0.3, -0.25) is 19.2 Å². The molecule has 0 aromatic carbocycles. The number of carboxylic acids is 1. The maximum atomic E-state index is 15.0. The summed E-state index contributed by atoms with van der Waals surface area (Å²) in [5.41, 5.74) is 0.152. The number of ether oxygens (including phenoxy) is 1. The van der Waals surface area contributed by atoms with Crippen LogP contribution < -0.4 is 5.32 Å². The number of nitrogens with one attached hydrogen (secondary N) is 1. The average molecular weight is 803 g/mol. The van der Waals surface area contributed by atoms with Crippen LogP contribution in [0, 0.1) is 85.2 Å². The number of hydrogen-bond donors (Lipinski definition) is 2. The normalized spacial score (nSPS) is 47.0. The highest BCUT2D eigenvalue weighted by atomic mass is 16.5. The number of amides is 2. The molecule has 8 fully saturated rings. The first-order valence-electron chi connectivity index (χ1n) is 23.7. The van der Waals surface area contributed by atoms with E-state index < -0.39 is 17.3 Å². The number of esters is 1. The summed E-state index contributed by atoms with van der Waals surface area (Å²) < 4.78 is 6.45. The highest BCUT2D eigenvalue weighted by molar-refractivity contribution is 5.86. The first kappa shape index (κ1) is 42.3. The molecule has 0 aromatic heterocycles. The Morgan fingerprint density at radius 3 is 2.00 bits per heavy atom. The number of carboxylic acid groups (broad SMARTS) is 1. The number of carbonyl (C=O) groups is 4. The third kappa shape index (κ3) is 5.75. The van der Waals surface area contributed by atoms with Crippen LogP contribution in [-0.4, -0.2) is 59.0 Å². The van der Waals surface area contributed by atoms with Crippen molar-refractivity contribution in [3.05, 3.63) is 12.2 Å². The number of allylic oxidation sites excluding steroid dienone is 1. The fourth-order valence-corrected chi connectivity index (χ4v) is 16.9. The maximum absolute atomic E-state index is 15.0. The lowest BCUT2D eigenvalue weighted by molar-refractivity contribution is -0.251. The highest BCUT2D eigenvalue weighted by Crippen LogP contribution is 2.78. The molecule has 0 radical (unpaired) electrons. The van der Waals surface area contributed by atoms with Gasteiger partial charge in [0, 0.05) is 30.5 Å². The summed E-state index contributed by atoms with van der Waals surface area (Å²) in [5.74, 6) is 0.684. The van der Waals surface area contributed by atoms with Crippen LogP contribution >= 0.6 is 0 Å². The van der Waals surface area contributed by atoms with Crippen LogP contribution in [0.25, 0.3) is 0 Å². The Kier molecular flexibility index (Phi) is 10.1. The van der Waals surface area contributed by atoms with Gasteiger partial charge in [0.15, 0.2) is 0 Å². The second-order valence-electron chi connectivity index (χ2n) is 24.1. The standard InChI is InChI=1S/C50H78N2O6/c1-29(2)30-17-22-50(43(57)51-37-28-32(45(37,5)6)40(53)52-25-13-12-14-26-52)24-23-48(10)31(39(30)50)15-16-36-47(9)20-19-38(46(7,8)35(47)18-21-49(36,48)11)58-42(56)34-27-33(41(54)55)44(34,3)4/h30-39H,1,12-28H2,2-11H3,(H,51,57)(H,54,55)/t30-,31+,32+,33+,34-,35-,36+,37+,38-,39+,47-,48+,49+,50-/m0/s1. The number of aliphatic carboxylic acids is 1. The molecular formula is C50H78N2O6. The summed E-state index contributed by atoms with van der Waals surface area (Å²) in [6.07, 6.45) is 14.8. The van der Waals surface area contributed by atoms with E-state index in [-0.39, 0.29) is 74.3 Å². The number of rotatable bonds is 7. The Morgan fingerprint density at radius 2 is 1.38 bits per heavy atom. The molecule has 8 aliphatic rings. The minimum Gasteiger partial charge on any atom is -0.481 e. The van der Waals surface area contributed by atoms with E-state index in [1.165, 1.54) is 18.4 Å². The summed E-state index contributed by atoms with van der Waals surface area (Å²) in [7, 11) is 0. The second-order valence-corrected chi connectivity index (χ2v) is 24.1. The van der Waals surface area contributed by atoms with Gasteiger partial charge in [0.1, 0.15) is 6.10 Å². The molecule has 8 nitrogen and oxygen atoms in total. The van der Waals surface area contributed by atoms with E-state index >= 15 is 4.79 Å². The quantitative estimate of drug-likeness (QED) is 0.196. The lowest BCUT2D eigenvalue weighted by atomic mass is 9.32. The van der Waals surface area contributed by atoms with E-state index in [0.717, 1.165) is 90.1 Å². The van der Waals surface area contributed by atoms with Crippen LogP contribution in [0.4, 0.5) is 0 Å². The minimum atomic E-state index is -0.820. The highest BCUT2D eigenvalue weighted by Gasteiger charge is 2.72. The van der Waals surface area contributed by atoms with Crippen LogP contribution in [0.15, 0.2) is 12.2 Å². The van der Waals surface area contributed by atoms with Crippen molar-refractivity contribution >= 4 is 23.8 Å². The molecule has 1 saturated heterocycles. The lowest BCUT2D eigenvalue weighted by Crippen LogP contribution is -2.68. The van der Waals surface area contributed by atoms with E-state index in [1.54, 1.807) is 0 Å².